The number of halogens is 1. The predicted molar refractivity (Wildman–Crippen MR) is 73.1 cm³/mol. The van der Waals surface area contributed by atoms with Gasteiger partial charge in [-0.05, 0) is 17.7 Å². The Morgan fingerprint density at radius 1 is 1.18 bits per heavy atom. The van der Waals surface area contributed by atoms with Gasteiger partial charge in [-0.3, -0.25) is 4.90 Å². The molecule has 0 radical (unpaired) electrons. The van der Waals surface area contributed by atoms with Crippen molar-refractivity contribution in [1.29, 1.82) is 0 Å². The summed E-state index contributed by atoms with van der Waals surface area (Å²) in [7, 11) is 0. The molecular weight excluding hydrogens is 280 g/mol. The van der Waals surface area contributed by atoms with Crippen LogP contribution in [0.1, 0.15) is 5.56 Å². The second kappa shape index (κ2) is 7.11. The largest absolute Gasteiger partial charge is 0.379 e. The number of benzene rings is 1. The molecule has 1 fully saturated rings. The summed E-state index contributed by atoms with van der Waals surface area (Å²) in [5.41, 5.74) is 1.33. The first-order chi connectivity index (χ1) is 8.34. The average Bonchev–Trinajstić information content (AvgIpc) is 2.38. The molecule has 0 bridgehead atoms. The standard InChI is InChI=1S/C13H19BrN2O/c14-13-3-1-12(2-4-13)11-15-5-6-16-7-9-17-10-8-16/h1-4,15H,5-11H2. The summed E-state index contributed by atoms with van der Waals surface area (Å²) in [6.07, 6.45) is 0. The van der Waals surface area contributed by atoms with Gasteiger partial charge < -0.3 is 10.1 Å². The van der Waals surface area contributed by atoms with E-state index >= 15 is 0 Å². The van der Waals surface area contributed by atoms with Crippen LogP contribution in [0, 0.1) is 0 Å². The van der Waals surface area contributed by atoms with Crippen molar-refractivity contribution in [2.75, 3.05) is 39.4 Å². The fourth-order valence-corrected chi connectivity index (χ4v) is 2.16. The summed E-state index contributed by atoms with van der Waals surface area (Å²) in [4.78, 5) is 2.44. The normalized spacial score (nSPS) is 17.2. The fraction of sp³-hybridized carbons (Fsp3) is 0.538. The lowest BCUT2D eigenvalue weighted by Gasteiger charge is -2.26. The molecular formula is C13H19BrN2O. The maximum Gasteiger partial charge on any atom is 0.0594 e. The molecule has 0 amide bonds. The minimum atomic E-state index is 0.882. The Morgan fingerprint density at radius 3 is 2.59 bits per heavy atom. The van der Waals surface area contributed by atoms with Crippen LogP contribution in [0.2, 0.25) is 0 Å². The Kier molecular flexibility index (Phi) is 5.45. The van der Waals surface area contributed by atoms with E-state index in [0.717, 1.165) is 50.4 Å². The number of hydrogen-bond acceptors (Lipinski definition) is 3. The fourth-order valence-electron chi connectivity index (χ4n) is 1.90. The molecule has 1 heterocycles. The number of nitrogens with zero attached hydrogens (tertiary/aromatic N) is 1. The van der Waals surface area contributed by atoms with Crippen LogP contribution in [0.4, 0.5) is 0 Å². The quantitative estimate of drug-likeness (QED) is 0.840. The molecule has 0 aliphatic carbocycles. The zero-order valence-electron chi connectivity index (χ0n) is 9.99. The van der Waals surface area contributed by atoms with Crippen LogP contribution in [0.3, 0.4) is 0 Å². The topological polar surface area (TPSA) is 24.5 Å². The van der Waals surface area contributed by atoms with Crippen molar-refractivity contribution in [3.8, 4) is 0 Å². The Morgan fingerprint density at radius 2 is 1.88 bits per heavy atom. The molecule has 1 aliphatic rings. The minimum absolute atomic E-state index is 0.882. The minimum Gasteiger partial charge on any atom is -0.379 e. The van der Waals surface area contributed by atoms with Crippen LogP contribution >= 0.6 is 15.9 Å². The Hall–Kier alpha value is -0.420. The van der Waals surface area contributed by atoms with Crippen molar-refractivity contribution in [2.45, 2.75) is 6.54 Å². The first-order valence-corrected chi connectivity index (χ1v) is 6.89. The molecule has 1 N–H and O–H groups in total. The second-order valence-corrected chi connectivity index (χ2v) is 5.17. The van der Waals surface area contributed by atoms with Crippen molar-refractivity contribution in [3.05, 3.63) is 34.3 Å². The van der Waals surface area contributed by atoms with Gasteiger partial charge in [0.2, 0.25) is 0 Å². The molecule has 0 saturated carbocycles. The lowest BCUT2D eigenvalue weighted by molar-refractivity contribution is 0.0384. The Labute approximate surface area is 111 Å². The molecule has 0 spiro atoms. The van der Waals surface area contributed by atoms with E-state index in [1.807, 2.05) is 0 Å². The molecule has 0 unspecified atom stereocenters. The van der Waals surface area contributed by atoms with Gasteiger partial charge in [0.1, 0.15) is 0 Å². The monoisotopic (exact) mass is 298 g/mol. The summed E-state index contributed by atoms with van der Waals surface area (Å²) < 4.78 is 6.45. The van der Waals surface area contributed by atoms with Gasteiger partial charge in [-0.2, -0.15) is 0 Å². The average molecular weight is 299 g/mol. The first kappa shape index (κ1) is 13.0. The Balaban J connectivity index is 1.60. The van der Waals surface area contributed by atoms with Crippen molar-refractivity contribution >= 4 is 15.9 Å². The molecule has 1 aliphatic heterocycles. The zero-order valence-corrected chi connectivity index (χ0v) is 11.6. The van der Waals surface area contributed by atoms with E-state index < -0.39 is 0 Å². The van der Waals surface area contributed by atoms with Gasteiger partial charge in [-0.1, -0.05) is 28.1 Å². The van der Waals surface area contributed by atoms with Crippen molar-refractivity contribution in [1.82, 2.24) is 10.2 Å². The number of rotatable bonds is 5. The highest BCUT2D eigenvalue weighted by Gasteiger charge is 2.08. The molecule has 4 heteroatoms. The van der Waals surface area contributed by atoms with E-state index in [9.17, 15) is 0 Å². The summed E-state index contributed by atoms with van der Waals surface area (Å²) in [5.74, 6) is 0. The van der Waals surface area contributed by atoms with Gasteiger partial charge in [0, 0.05) is 37.2 Å². The van der Waals surface area contributed by atoms with Crippen LogP contribution in [0.5, 0.6) is 0 Å². The Bertz CT molecular complexity index is 323. The van der Waals surface area contributed by atoms with Crippen LogP contribution < -0.4 is 5.32 Å². The molecule has 3 nitrogen and oxygen atoms in total. The number of ether oxygens (including phenoxy) is 1. The van der Waals surface area contributed by atoms with Gasteiger partial charge in [0.05, 0.1) is 13.2 Å². The maximum atomic E-state index is 5.32. The van der Waals surface area contributed by atoms with Gasteiger partial charge in [0.25, 0.3) is 0 Å². The molecule has 17 heavy (non-hydrogen) atoms. The first-order valence-electron chi connectivity index (χ1n) is 6.10. The molecule has 1 aromatic carbocycles. The second-order valence-electron chi connectivity index (χ2n) is 4.26. The summed E-state index contributed by atoms with van der Waals surface area (Å²) in [6, 6.07) is 8.45. The molecule has 2 rings (SSSR count). The van der Waals surface area contributed by atoms with Gasteiger partial charge in [-0.15, -0.1) is 0 Å². The molecule has 94 valence electrons. The van der Waals surface area contributed by atoms with Gasteiger partial charge >= 0.3 is 0 Å². The third-order valence-electron chi connectivity index (χ3n) is 2.95. The number of morpholine rings is 1. The molecule has 1 saturated heterocycles. The van der Waals surface area contributed by atoms with Crippen LogP contribution in [0.25, 0.3) is 0 Å². The molecule has 0 atom stereocenters. The highest BCUT2D eigenvalue weighted by atomic mass is 79.9. The number of hydrogen-bond donors (Lipinski definition) is 1. The van der Waals surface area contributed by atoms with E-state index in [-0.39, 0.29) is 0 Å². The number of nitrogens with one attached hydrogen (secondary N) is 1. The predicted octanol–water partition coefficient (Wildman–Crippen LogP) is 1.87. The smallest absolute Gasteiger partial charge is 0.0594 e. The highest BCUT2D eigenvalue weighted by molar-refractivity contribution is 9.10. The summed E-state index contributed by atoms with van der Waals surface area (Å²) >= 11 is 3.44. The van der Waals surface area contributed by atoms with E-state index in [1.54, 1.807) is 0 Å². The van der Waals surface area contributed by atoms with Crippen molar-refractivity contribution < 1.29 is 4.74 Å². The molecule has 1 aromatic rings. The van der Waals surface area contributed by atoms with Crippen LogP contribution in [-0.2, 0) is 11.3 Å². The molecule has 0 aromatic heterocycles. The third-order valence-corrected chi connectivity index (χ3v) is 3.48. The zero-order chi connectivity index (χ0) is 11.9. The lowest BCUT2D eigenvalue weighted by Crippen LogP contribution is -2.40. The SMILES string of the molecule is Brc1ccc(CNCCN2CCOCC2)cc1. The van der Waals surface area contributed by atoms with Gasteiger partial charge in [-0.25, -0.2) is 0 Å². The maximum absolute atomic E-state index is 5.32. The third kappa shape index (κ3) is 4.76. The lowest BCUT2D eigenvalue weighted by atomic mass is 10.2. The van der Waals surface area contributed by atoms with E-state index in [2.05, 4.69) is 50.4 Å². The van der Waals surface area contributed by atoms with Crippen LogP contribution in [0.15, 0.2) is 28.7 Å². The summed E-state index contributed by atoms with van der Waals surface area (Å²) in [6.45, 7) is 6.99. The highest BCUT2D eigenvalue weighted by Crippen LogP contribution is 2.10. The van der Waals surface area contributed by atoms with E-state index in [0.29, 0.717) is 0 Å². The summed E-state index contributed by atoms with van der Waals surface area (Å²) in [5, 5.41) is 3.47. The van der Waals surface area contributed by atoms with Crippen molar-refractivity contribution in [3.63, 3.8) is 0 Å². The van der Waals surface area contributed by atoms with E-state index in [1.165, 1.54) is 5.56 Å². The van der Waals surface area contributed by atoms with Gasteiger partial charge in [0.15, 0.2) is 0 Å². The van der Waals surface area contributed by atoms with E-state index in [4.69, 9.17) is 4.74 Å². The van der Waals surface area contributed by atoms with Crippen molar-refractivity contribution in [2.24, 2.45) is 0 Å². The van der Waals surface area contributed by atoms with Crippen LogP contribution in [-0.4, -0.2) is 44.3 Å².